The third-order valence-corrected chi connectivity index (χ3v) is 3.89. The maximum Gasteiger partial charge on any atom is 0.124 e. The fraction of sp³-hybridized carbons (Fsp3) is 0.333. The molecule has 2 aromatic carbocycles. The first-order valence-electron chi connectivity index (χ1n) is 7.48. The molecule has 22 heavy (non-hydrogen) atoms. The van der Waals surface area contributed by atoms with Gasteiger partial charge in [0.25, 0.3) is 0 Å². The Morgan fingerprint density at radius 2 is 2.09 bits per heavy atom. The van der Waals surface area contributed by atoms with Gasteiger partial charge in [-0.25, -0.2) is 0 Å². The van der Waals surface area contributed by atoms with Gasteiger partial charge in [0.1, 0.15) is 23.4 Å². The van der Waals surface area contributed by atoms with E-state index in [-0.39, 0.29) is 6.10 Å². The van der Waals surface area contributed by atoms with Crippen molar-refractivity contribution in [1.82, 2.24) is 4.90 Å². The number of nitrogens with zero attached hydrogens (tertiary/aromatic N) is 1. The summed E-state index contributed by atoms with van der Waals surface area (Å²) >= 11 is 0. The number of methoxy groups -OCH3 is 1. The van der Waals surface area contributed by atoms with Gasteiger partial charge in [0.2, 0.25) is 0 Å². The molecule has 1 heterocycles. The molecule has 0 spiro atoms. The van der Waals surface area contributed by atoms with Crippen molar-refractivity contribution < 1.29 is 14.6 Å². The monoisotopic (exact) mass is 299 g/mol. The Bertz CT molecular complexity index is 657. The number of rotatable bonds is 3. The first-order chi connectivity index (χ1) is 10.7. The highest BCUT2D eigenvalue weighted by Gasteiger charge is 2.20. The van der Waals surface area contributed by atoms with Crippen molar-refractivity contribution >= 4 is 0 Å². The highest BCUT2D eigenvalue weighted by Crippen LogP contribution is 2.28. The minimum Gasteiger partial charge on any atom is -0.508 e. The molecular weight excluding hydrogens is 278 g/mol. The van der Waals surface area contributed by atoms with Gasteiger partial charge in [-0.05, 0) is 31.2 Å². The Morgan fingerprint density at radius 1 is 1.27 bits per heavy atom. The van der Waals surface area contributed by atoms with Crippen molar-refractivity contribution in [2.45, 2.75) is 26.1 Å². The normalized spacial score (nSPS) is 18.2. The van der Waals surface area contributed by atoms with E-state index in [0.29, 0.717) is 12.3 Å². The van der Waals surface area contributed by atoms with Crippen LogP contribution in [-0.2, 0) is 13.1 Å². The molecule has 1 N–H and O–H groups in total. The number of hydrogen-bond donors (Lipinski definition) is 1. The predicted molar refractivity (Wildman–Crippen MR) is 85.3 cm³/mol. The van der Waals surface area contributed by atoms with Gasteiger partial charge in [-0.1, -0.05) is 18.2 Å². The van der Waals surface area contributed by atoms with E-state index in [1.165, 1.54) is 5.56 Å². The summed E-state index contributed by atoms with van der Waals surface area (Å²) in [7, 11) is 1.63. The predicted octanol–water partition coefficient (Wildman–Crippen LogP) is 3.18. The zero-order chi connectivity index (χ0) is 15.5. The van der Waals surface area contributed by atoms with Crippen molar-refractivity contribution in [3.8, 4) is 17.2 Å². The Hall–Kier alpha value is -2.20. The van der Waals surface area contributed by atoms with Gasteiger partial charge in [-0.3, -0.25) is 4.90 Å². The third-order valence-electron chi connectivity index (χ3n) is 3.89. The lowest BCUT2D eigenvalue weighted by Crippen LogP contribution is -2.30. The van der Waals surface area contributed by atoms with Crippen molar-refractivity contribution in [3.05, 3.63) is 53.6 Å². The Kier molecular flexibility index (Phi) is 4.20. The molecule has 0 fully saturated rings. The molecule has 2 aromatic rings. The molecule has 1 unspecified atom stereocenters. The molecule has 0 radical (unpaired) electrons. The summed E-state index contributed by atoms with van der Waals surface area (Å²) < 4.78 is 11.2. The van der Waals surface area contributed by atoms with Gasteiger partial charge in [0, 0.05) is 30.8 Å². The van der Waals surface area contributed by atoms with Crippen LogP contribution in [0.25, 0.3) is 0 Å². The smallest absolute Gasteiger partial charge is 0.124 e. The molecule has 3 rings (SSSR count). The summed E-state index contributed by atoms with van der Waals surface area (Å²) in [6, 6.07) is 13.5. The fourth-order valence-corrected chi connectivity index (χ4v) is 2.85. The molecule has 4 nitrogen and oxygen atoms in total. The van der Waals surface area contributed by atoms with E-state index in [1.807, 2.05) is 24.3 Å². The van der Waals surface area contributed by atoms with E-state index in [1.54, 1.807) is 19.2 Å². The lowest BCUT2D eigenvalue weighted by atomic mass is 10.1. The summed E-state index contributed by atoms with van der Waals surface area (Å²) in [5, 5.41) is 10.1. The number of benzene rings is 2. The van der Waals surface area contributed by atoms with Crippen molar-refractivity contribution in [2.24, 2.45) is 0 Å². The Labute approximate surface area is 130 Å². The summed E-state index contributed by atoms with van der Waals surface area (Å²) in [6.07, 6.45) is 0.108. The Balaban J connectivity index is 1.83. The number of para-hydroxylation sites is 1. The molecule has 1 aliphatic heterocycles. The molecule has 0 bridgehead atoms. The highest BCUT2D eigenvalue weighted by molar-refractivity contribution is 5.39. The number of ether oxygens (including phenoxy) is 2. The zero-order valence-corrected chi connectivity index (χ0v) is 13.0. The molecule has 1 atom stereocenters. The summed E-state index contributed by atoms with van der Waals surface area (Å²) in [5.74, 6) is 2.01. The topological polar surface area (TPSA) is 41.9 Å². The van der Waals surface area contributed by atoms with Crippen LogP contribution in [0.1, 0.15) is 18.1 Å². The zero-order valence-electron chi connectivity index (χ0n) is 13.0. The van der Waals surface area contributed by atoms with E-state index in [9.17, 15) is 5.11 Å². The molecule has 0 saturated heterocycles. The highest BCUT2D eigenvalue weighted by atomic mass is 16.5. The van der Waals surface area contributed by atoms with Crippen LogP contribution in [0.5, 0.6) is 17.2 Å². The van der Waals surface area contributed by atoms with Crippen LogP contribution < -0.4 is 9.47 Å². The van der Waals surface area contributed by atoms with E-state index in [4.69, 9.17) is 9.47 Å². The van der Waals surface area contributed by atoms with Gasteiger partial charge >= 0.3 is 0 Å². The fourth-order valence-electron chi connectivity index (χ4n) is 2.85. The SMILES string of the molecule is COc1ccc(O)c(CN2Cc3ccccc3OC(C)C2)c1. The second kappa shape index (κ2) is 6.28. The van der Waals surface area contributed by atoms with Crippen LogP contribution in [0.4, 0.5) is 0 Å². The largest absolute Gasteiger partial charge is 0.508 e. The maximum atomic E-state index is 10.1. The second-order valence-corrected chi connectivity index (χ2v) is 5.70. The van der Waals surface area contributed by atoms with E-state index >= 15 is 0 Å². The standard InChI is InChI=1S/C18H21NO3/c1-13-10-19(11-14-5-3-4-6-18(14)22-13)12-15-9-16(21-2)7-8-17(15)20/h3-9,13,20H,10-12H2,1-2H3. The first-order valence-corrected chi connectivity index (χ1v) is 7.48. The van der Waals surface area contributed by atoms with Gasteiger partial charge in [-0.15, -0.1) is 0 Å². The van der Waals surface area contributed by atoms with Crippen molar-refractivity contribution in [2.75, 3.05) is 13.7 Å². The molecule has 0 saturated carbocycles. The molecule has 116 valence electrons. The maximum absolute atomic E-state index is 10.1. The minimum absolute atomic E-state index is 0.108. The number of phenols is 1. The second-order valence-electron chi connectivity index (χ2n) is 5.70. The number of fused-ring (bicyclic) bond motifs is 1. The number of aromatic hydroxyl groups is 1. The Morgan fingerprint density at radius 3 is 2.91 bits per heavy atom. The van der Waals surface area contributed by atoms with Gasteiger partial charge in [0.05, 0.1) is 7.11 Å². The quantitative estimate of drug-likeness (QED) is 0.945. The molecule has 0 aliphatic carbocycles. The lowest BCUT2D eigenvalue weighted by molar-refractivity contribution is 0.155. The van der Waals surface area contributed by atoms with E-state index in [0.717, 1.165) is 30.2 Å². The van der Waals surface area contributed by atoms with E-state index < -0.39 is 0 Å². The number of phenolic OH excluding ortho intramolecular Hbond substituents is 1. The van der Waals surface area contributed by atoms with Crippen LogP contribution in [-0.4, -0.2) is 29.8 Å². The molecule has 4 heteroatoms. The average molecular weight is 299 g/mol. The summed E-state index contributed by atoms with van der Waals surface area (Å²) in [6.45, 7) is 4.34. The minimum atomic E-state index is 0.108. The van der Waals surface area contributed by atoms with Crippen LogP contribution in [0.3, 0.4) is 0 Å². The van der Waals surface area contributed by atoms with Crippen LogP contribution in [0, 0.1) is 0 Å². The van der Waals surface area contributed by atoms with Crippen LogP contribution >= 0.6 is 0 Å². The van der Waals surface area contributed by atoms with Gasteiger partial charge in [0.15, 0.2) is 0 Å². The number of hydrogen-bond acceptors (Lipinski definition) is 4. The summed E-state index contributed by atoms with van der Waals surface area (Å²) in [5.41, 5.74) is 2.04. The molecule has 1 aliphatic rings. The van der Waals surface area contributed by atoms with Crippen LogP contribution in [0.2, 0.25) is 0 Å². The molecule has 0 aromatic heterocycles. The van der Waals surface area contributed by atoms with E-state index in [2.05, 4.69) is 17.9 Å². The average Bonchev–Trinajstić information content (AvgIpc) is 2.66. The lowest BCUT2D eigenvalue weighted by Gasteiger charge is -2.22. The van der Waals surface area contributed by atoms with Crippen molar-refractivity contribution in [3.63, 3.8) is 0 Å². The molecular formula is C18H21NO3. The third kappa shape index (κ3) is 3.17. The summed E-state index contributed by atoms with van der Waals surface area (Å²) in [4.78, 5) is 2.28. The van der Waals surface area contributed by atoms with Crippen molar-refractivity contribution in [1.29, 1.82) is 0 Å². The first kappa shape index (κ1) is 14.7. The van der Waals surface area contributed by atoms with Gasteiger partial charge < -0.3 is 14.6 Å². The molecule has 0 amide bonds. The van der Waals surface area contributed by atoms with Gasteiger partial charge in [-0.2, -0.15) is 0 Å². The van der Waals surface area contributed by atoms with Crippen LogP contribution in [0.15, 0.2) is 42.5 Å².